The molecule has 130 valence electrons. The molecule has 0 aromatic heterocycles. The number of nitrogens with zero attached hydrogens (tertiary/aromatic N) is 1. The van der Waals surface area contributed by atoms with Crippen LogP contribution in [0.2, 0.25) is 0 Å². The van der Waals surface area contributed by atoms with E-state index in [2.05, 4.69) is 33.1 Å². The zero-order valence-corrected chi connectivity index (χ0v) is 15.8. The normalized spacial score (nSPS) is 22.7. The van der Waals surface area contributed by atoms with E-state index in [1.54, 1.807) is 12.1 Å². The Morgan fingerprint density at radius 1 is 1.48 bits per heavy atom. The average molecular weight is 408 g/mol. The van der Waals surface area contributed by atoms with E-state index >= 15 is 0 Å². The number of rotatable bonds is 7. The topological polar surface area (TPSA) is 35.5 Å². The van der Waals surface area contributed by atoms with Gasteiger partial charge < -0.3 is 15.3 Å². The summed E-state index contributed by atoms with van der Waals surface area (Å²) in [6.07, 6.45) is 1.59. The largest absolute Gasteiger partial charge is 0.391 e. The van der Waals surface area contributed by atoms with Crippen LogP contribution in [0.1, 0.15) is 31.7 Å². The predicted molar refractivity (Wildman–Crippen MR) is 98.4 cm³/mol. The fraction of sp³-hybridized carbons (Fsp3) is 0.647. The van der Waals surface area contributed by atoms with Crippen LogP contribution in [0.15, 0.2) is 24.3 Å². The van der Waals surface area contributed by atoms with Gasteiger partial charge in [-0.05, 0) is 18.6 Å². The van der Waals surface area contributed by atoms with Gasteiger partial charge in [0.1, 0.15) is 0 Å². The van der Waals surface area contributed by atoms with Gasteiger partial charge >= 0.3 is 0 Å². The molecule has 3 nitrogen and oxygen atoms in total. The van der Waals surface area contributed by atoms with E-state index in [9.17, 15) is 9.50 Å². The highest BCUT2D eigenvalue weighted by molar-refractivity contribution is 9.09. The van der Waals surface area contributed by atoms with Crippen LogP contribution in [-0.4, -0.2) is 42.2 Å². The van der Waals surface area contributed by atoms with Crippen molar-refractivity contribution in [3.8, 4) is 0 Å². The monoisotopic (exact) mass is 406 g/mol. The molecule has 2 rings (SSSR count). The molecule has 1 heterocycles. The van der Waals surface area contributed by atoms with E-state index in [0.29, 0.717) is 10.9 Å². The molecule has 1 aliphatic heterocycles. The third-order valence-corrected chi connectivity index (χ3v) is 5.15. The summed E-state index contributed by atoms with van der Waals surface area (Å²) >= 11 is 9.19. The van der Waals surface area contributed by atoms with Gasteiger partial charge in [-0.15, -0.1) is 0 Å². The van der Waals surface area contributed by atoms with Crippen molar-refractivity contribution in [2.75, 3.05) is 29.9 Å². The lowest BCUT2D eigenvalue weighted by Crippen LogP contribution is -2.56. The molecular weight excluding hydrogens is 383 g/mol. The molecule has 0 aliphatic carbocycles. The maximum Gasteiger partial charge on any atom is 0.209 e. The molecular formula is C17H25BrClFN2O. The number of aliphatic hydroxyl groups is 1. The molecule has 3 unspecified atom stereocenters. The summed E-state index contributed by atoms with van der Waals surface area (Å²) in [7, 11) is 0. The molecule has 6 heteroatoms. The van der Waals surface area contributed by atoms with Gasteiger partial charge in [0.15, 0.2) is 0 Å². The van der Waals surface area contributed by atoms with Crippen molar-refractivity contribution < 1.29 is 9.50 Å². The lowest BCUT2D eigenvalue weighted by atomic mass is 10.0. The lowest BCUT2D eigenvalue weighted by molar-refractivity contribution is 0.123. The molecule has 1 aromatic carbocycles. The lowest BCUT2D eigenvalue weighted by Gasteiger charge is -2.40. The van der Waals surface area contributed by atoms with Crippen molar-refractivity contribution in [3.63, 3.8) is 0 Å². The minimum Gasteiger partial charge on any atom is -0.391 e. The summed E-state index contributed by atoms with van der Waals surface area (Å²) in [6.45, 7) is 4.54. The Morgan fingerprint density at radius 2 is 2.17 bits per heavy atom. The Kier molecular flexibility index (Phi) is 7.14. The van der Waals surface area contributed by atoms with Crippen LogP contribution in [0.25, 0.3) is 0 Å². The van der Waals surface area contributed by atoms with Crippen molar-refractivity contribution >= 4 is 33.2 Å². The smallest absolute Gasteiger partial charge is 0.209 e. The number of alkyl halides is 3. The van der Waals surface area contributed by atoms with E-state index in [1.165, 1.54) is 0 Å². The highest BCUT2D eigenvalue weighted by Crippen LogP contribution is 2.36. The van der Waals surface area contributed by atoms with Crippen molar-refractivity contribution in [1.29, 1.82) is 0 Å². The van der Waals surface area contributed by atoms with E-state index in [1.807, 2.05) is 12.1 Å². The number of nitrogens with one attached hydrogen (secondary N) is 1. The van der Waals surface area contributed by atoms with Gasteiger partial charge in [0, 0.05) is 42.6 Å². The molecule has 1 aromatic rings. The molecule has 0 amide bonds. The highest BCUT2D eigenvalue weighted by Gasteiger charge is 2.30. The first kappa shape index (κ1) is 19.0. The standard InChI is InChI=1S/C17H25BrClFN2O/c1-2-3-16(23)15-12-21-10-11-22(15)14-6-4-13(5-7-14)17(19,20)8-9-18/h4-7,15-16,21,23H,2-3,8-12H2,1H3. The summed E-state index contributed by atoms with van der Waals surface area (Å²) in [4.78, 5) is 2.21. The van der Waals surface area contributed by atoms with Gasteiger partial charge in [-0.3, -0.25) is 0 Å². The minimum absolute atomic E-state index is 0.0447. The molecule has 0 saturated carbocycles. The zero-order chi connectivity index (χ0) is 16.9. The summed E-state index contributed by atoms with van der Waals surface area (Å²) < 4.78 is 14.4. The van der Waals surface area contributed by atoms with Gasteiger partial charge in [0.25, 0.3) is 0 Å². The van der Waals surface area contributed by atoms with Crippen molar-refractivity contribution in [2.45, 2.75) is 43.5 Å². The SMILES string of the molecule is CCCC(O)C1CNCCN1c1ccc(C(F)(Cl)CCBr)cc1. The maximum atomic E-state index is 14.4. The Balaban J connectivity index is 2.16. The first-order chi connectivity index (χ1) is 11.0. The van der Waals surface area contributed by atoms with Gasteiger partial charge in [-0.2, -0.15) is 0 Å². The second-order valence-corrected chi connectivity index (χ2v) is 7.40. The highest BCUT2D eigenvalue weighted by atomic mass is 79.9. The number of piperazine rings is 1. The third-order valence-electron chi connectivity index (χ3n) is 4.34. The molecule has 0 spiro atoms. The fourth-order valence-electron chi connectivity index (χ4n) is 3.04. The molecule has 0 radical (unpaired) electrons. The molecule has 1 saturated heterocycles. The van der Waals surface area contributed by atoms with E-state index < -0.39 is 5.13 Å². The first-order valence-corrected chi connectivity index (χ1v) is 9.69. The van der Waals surface area contributed by atoms with Gasteiger partial charge in [-0.25, -0.2) is 4.39 Å². The summed E-state index contributed by atoms with van der Waals surface area (Å²) in [5.74, 6) is 0. The van der Waals surface area contributed by atoms with Crippen LogP contribution in [-0.2, 0) is 5.13 Å². The Hall–Kier alpha value is -0.360. The Bertz CT molecular complexity index is 486. The van der Waals surface area contributed by atoms with Crippen molar-refractivity contribution in [1.82, 2.24) is 5.32 Å². The second kappa shape index (κ2) is 8.65. The van der Waals surface area contributed by atoms with Crippen LogP contribution < -0.4 is 10.2 Å². The van der Waals surface area contributed by atoms with Crippen LogP contribution in [0.5, 0.6) is 0 Å². The predicted octanol–water partition coefficient (Wildman–Crippen LogP) is 3.77. The van der Waals surface area contributed by atoms with Crippen LogP contribution in [0.4, 0.5) is 10.1 Å². The quantitative estimate of drug-likeness (QED) is 0.675. The number of aliphatic hydroxyl groups excluding tert-OH is 1. The van der Waals surface area contributed by atoms with Crippen LogP contribution in [0, 0.1) is 0 Å². The Labute approximate surface area is 151 Å². The summed E-state index contributed by atoms with van der Waals surface area (Å²) in [6, 6.07) is 7.34. The zero-order valence-electron chi connectivity index (χ0n) is 13.4. The van der Waals surface area contributed by atoms with Crippen molar-refractivity contribution in [3.05, 3.63) is 29.8 Å². The number of halogens is 3. The summed E-state index contributed by atoms with van der Waals surface area (Å²) in [5.41, 5.74) is 1.48. The van der Waals surface area contributed by atoms with E-state index in [0.717, 1.165) is 38.2 Å². The van der Waals surface area contributed by atoms with Gasteiger partial charge in [0.05, 0.1) is 12.1 Å². The molecule has 3 atom stereocenters. The number of hydrogen-bond donors (Lipinski definition) is 2. The number of hydrogen-bond acceptors (Lipinski definition) is 3. The van der Waals surface area contributed by atoms with Gasteiger partial charge in [-0.1, -0.05) is 53.0 Å². The Morgan fingerprint density at radius 3 is 2.78 bits per heavy atom. The molecule has 23 heavy (non-hydrogen) atoms. The average Bonchev–Trinajstić information content (AvgIpc) is 2.55. The maximum absolute atomic E-state index is 14.4. The molecule has 0 bridgehead atoms. The number of anilines is 1. The molecule has 1 fully saturated rings. The second-order valence-electron chi connectivity index (χ2n) is 6.01. The molecule has 1 aliphatic rings. The van der Waals surface area contributed by atoms with E-state index in [-0.39, 0.29) is 18.6 Å². The van der Waals surface area contributed by atoms with Gasteiger partial charge in [0.2, 0.25) is 5.13 Å². The fourth-order valence-corrected chi connectivity index (χ4v) is 4.03. The number of benzene rings is 1. The van der Waals surface area contributed by atoms with Crippen LogP contribution in [0.3, 0.4) is 0 Å². The van der Waals surface area contributed by atoms with E-state index in [4.69, 9.17) is 11.6 Å². The van der Waals surface area contributed by atoms with Crippen LogP contribution >= 0.6 is 27.5 Å². The molecule has 2 N–H and O–H groups in total. The van der Waals surface area contributed by atoms with Crippen molar-refractivity contribution in [2.24, 2.45) is 0 Å². The minimum atomic E-state index is -1.84. The third kappa shape index (κ3) is 4.81. The first-order valence-electron chi connectivity index (χ1n) is 8.19. The summed E-state index contributed by atoms with van der Waals surface area (Å²) in [5, 5.41) is 12.4.